The van der Waals surface area contributed by atoms with Crippen molar-refractivity contribution >= 4 is 37.9 Å². The molecule has 6 nitrogen and oxygen atoms in total. The molecule has 26 heavy (non-hydrogen) atoms. The van der Waals surface area contributed by atoms with Gasteiger partial charge in [-0.05, 0) is 48.9 Å². The predicted molar refractivity (Wildman–Crippen MR) is 104 cm³/mol. The maximum atomic E-state index is 12.1. The SMILES string of the molecule is COc1ccc(Br)cc1/C=C/C(=O)NC(C)c1ccc(S(N)(=O)=O)cc1. The molecule has 0 aliphatic heterocycles. The van der Waals surface area contributed by atoms with E-state index in [4.69, 9.17) is 9.88 Å². The van der Waals surface area contributed by atoms with E-state index >= 15 is 0 Å². The number of halogens is 1. The fraction of sp³-hybridized carbons (Fsp3) is 0.167. The molecule has 1 unspecified atom stereocenters. The standard InChI is InChI=1S/C18H19BrN2O4S/c1-12(13-3-7-16(8-4-13)26(20,23)24)21-18(22)10-5-14-11-15(19)6-9-17(14)25-2/h3-12H,1-2H3,(H,21,22)(H2,20,23,24)/b10-5+. The average Bonchev–Trinajstić information content (AvgIpc) is 2.59. The second-order valence-electron chi connectivity index (χ2n) is 5.56. The molecule has 0 radical (unpaired) electrons. The molecule has 0 fully saturated rings. The Kier molecular flexibility index (Phi) is 6.57. The van der Waals surface area contributed by atoms with Crippen LogP contribution in [0.4, 0.5) is 0 Å². The average molecular weight is 439 g/mol. The lowest BCUT2D eigenvalue weighted by Gasteiger charge is -2.13. The lowest BCUT2D eigenvalue weighted by molar-refractivity contribution is -0.117. The molecule has 1 amide bonds. The molecule has 0 bridgehead atoms. The molecule has 2 aromatic rings. The largest absolute Gasteiger partial charge is 0.496 e. The molecule has 0 saturated heterocycles. The van der Waals surface area contributed by atoms with Crippen molar-refractivity contribution in [1.29, 1.82) is 0 Å². The number of amides is 1. The molecule has 0 spiro atoms. The van der Waals surface area contributed by atoms with E-state index in [9.17, 15) is 13.2 Å². The van der Waals surface area contributed by atoms with Crippen molar-refractivity contribution in [2.24, 2.45) is 5.14 Å². The van der Waals surface area contributed by atoms with Crippen molar-refractivity contribution in [2.45, 2.75) is 17.9 Å². The van der Waals surface area contributed by atoms with Gasteiger partial charge in [-0.2, -0.15) is 0 Å². The molecule has 0 aliphatic rings. The highest BCUT2D eigenvalue weighted by Crippen LogP contribution is 2.24. The van der Waals surface area contributed by atoms with Crippen molar-refractivity contribution in [3.05, 3.63) is 64.1 Å². The van der Waals surface area contributed by atoms with Crippen molar-refractivity contribution in [3.63, 3.8) is 0 Å². The van der Waals surface area contributed by atoms with Crippen molar-refractivity contribution in [2.75, 3.05) is 7.11 Å². The maximum Gasteiger partial charge on any atom is 0.244 e. The van der Waals surface area contributed by atoms with Crippen LogP contribution in [0.25, 0.3) is 6.08 Å². The van der Waals surface area contributed by atoms with Crippen LogP contribution in [0.5, 0.6) is 5.75 Å². The van der Waals surface area contributed by atoms with E-state index in [0.29, 0.717) is 5.75 Å². The van der Waals surface area contributed by atoms with Crippen LogP contribution < -0.4 is 15.2 Å². The van der Waals surface area contributed by atoms with Crippen molar-refractivity contribution in [1.82, 2.24) is 5.32 Å². The zero-order chi connectivity index (χ0) is 19.3. The molecule has 0 aromatic heterocycles. The predicted octanol–water partition coefficient (Wildman–Crippen LogP) is 3.00. The van der Waals surface area contributed by atoms with Gasteiger partial charge in [0.25, 0.3) is 0 Å². The Hall–Kier alpha value is -2.16. The van der Waals surface area contributed by atoms with Gasteiger partial charge in [-0.1, -0.05) is 28.1 Å². The summed E-state index contributed by atoms with van der Waals surface area (Å²) >= 11 is 3.38. The summed E-state index contributed by atoms with van der Waals surface area (Å²) in [6.07, 6.45) is 3.08. The number of primary sulfonamides is 1. The number of hydrogen-bond acceptors (Lipinski definition) is 4. The van der Waals surface area contributed by atoms with Crippen LogP contribution in [0.15, 0.2) is 57.9 Å². The summed E-state index contributed by atoms with van der Waals surface area (Å²) in [6.45, 7) is 1.80. The Morgan fingerprint density at radius 1 is 1.23 bits per heavy atom. The molecular formula is C18H19BrN2O4S. The third-order valence-electron chi connectivity index (χ3n) is 3.67. The summed E-state index contributed by atoms with van der Waals surface area (Å²) in [5.74, 6) is 0.374. The molecular weight excluding hydrogens is 420 g/mol. The molecule has 8 heteroatoms. The normalized spacial score (nSPS) is 12.8. The first-order valence-electron chi connectivity index (χ1n) is 7.65. The lowest BCUT2D eigenvalue weighted by atomic mass is 10.1. The molecule has 138 valence electrons. The van der Waals surface area contributed by atoms with Gasteiger partial charge in [0, 0.05) is 16.1 Å². The first-order chi connectivity index (χ1) is 12.2. The van der Waals surface area contributed by atoms with Crippen LogP contribution in [0.3, 0.4) is 0 Å². The number of rotatable bonds is 6. The van der Waals surface area contributed by atoms with Crippen molar-refractivity contribution in [3.8, 4) is 5.75 Å². The van der Waals surface area contributed by atoms with E-state index in [-0.39, 0.29) is 16.8 Å². The Morgan fingerprint density at radius 3 is 2.46 bits per heavy atom. The Morgan fingerprint density at radius 2 is 1.88 bits per heavy atom. The van der Waals surface area contributed by atoms with E-state index in [1.807, 2.05) is 12.1 Å². The van der Waals surface area contributed by atoms with Gasteiger partial charge in [0.2, 0.25) is 15.9 Å². The molecule has 2 aromatic carbocycles. The Balaban J connectivity index is 2.06. The topological polar surface area (TPSA) is 98.5 Å². The van der Waals surface area contributed by atoms with Gasteiger partial charge in [0.1, 0.15) is 5.75 Å². The number of methoxy groups -OCH3 is 1. The highest BCUT2D eigenvalue weighted by Gasteiger charge is 2.11. The Labute approximate surface area is 161 Å². The number of nitrogens with two attached hydrogens (primary N) is 1. The third kappa shape index (κ3) is 5.42. The molecule has 0 saturated carbocycles. The summed E-state index contributed by atoms with van der Waals surface area (Å²) < 4.78 is 28.7. The summed E-state index contributed by atoms with van der Waals surface area (Å²) in [5.41, 5.74) is 1.53. The highest BCUT2D eigenvalue weighted by molar-refractivity contribution is 9.10. The minimum absolute atomic E-state index is 0.0291. The number of hydrogen-bond donors (Lipinski definition) is 2. The summed E-state index contributed by atoms with van der Waals surface area (Å²) in [5, 5.41) is 7.89. The van der Waals surface area contributed by atoms with Crippen LogP contribution in [0.1, 0.15) is 24.1 Å². The van der Waals surface area contributed by atoms with Gasteiger partial charge in [-0.25, -0.2) is 13.6 Å². The highest BCUT2D eigenvalue weighted by atomic mass is 79.9. The number of nitrogens with one attached hydrogen (secondary N) is 1. The maximum absolute atomic E-state index is 12.1. The molecule has 0 aliphatic carbocycles. The summed E-state index contributed by atoms with van der Waals surface area (Å²) in [4.78, 5) is 12.2. The lowest BCUT2D eigenvalue weighted by Crippen LogP contribution is -2.24. The van der Waals surface area contributed by atoms with Gasteiger partial charge < -0.3 is 10.1 Å². The minimum atomic E-state index is -3.73. The molecule has 0 heterocycles. The summed E-state index contributed by atoms with van der Waals surface area (Å²) in [6, 6.07) is 11.3. The first-order valence-corrected chi connectivity index (χ1v) is 9.99. The number of sulfonamides is 1. The van der Waals surface area contributed by atoms with Crippen LogP contribution >= 0.6 is 15.9 Å². The minimum Gasteiger partial charge on any atom is -0.496 e. The summed E-state index contributed by atoms with van der Waals surface area (Å²) in [7, 11) is -2.17. The third-order valence-corrected chi connectivity index (χ3v) is 5.10. The van der Waals surface area contributed by atoms with Gasteiger partial charge in [0.15, 0.2) is 0 Å². The number of benzene rings is 2. The van der Waals surface area contributed by atoms with Crippen LogP contribution in [-0.4, -0.2) is 21.4 Å². The Bertz CT molecular complexity index is 925. The van der Waals surface area contributed by atoms with Gasteiger partial charge in [-0.15, -0.1) is 0 Å². The quantitative estimate of drug-likeness (QED) is 0.677. The zero-order valence-electron chi connectivity index (χ0n) is 14.3. The zero-order valence-corrected chi connectivity index (χ0v) is 16.7. The van der Waals surface area contributed by atoms with Gasteiger partial charge in [0.05, 0.1) is 18.0 Å². The second-order valence-corrected chi connectivity index (χ2v) is 8.04. The second kappa shape index (κ2) is 8.48. The molecule has 3 N–H and O–H groups in total. The van der Waals surface area contributed by atoms with E-state index < -0.39 is 10.0 Å². The van der Waals surface area contributed by atoms with E-state index in [1.165, 1.54) is 18.2 Å². The van der Waals surface area contributed by atoms with Gasteiger partial charge in [-0.3, -0.25) is 4.79 Å². The van der Waals surface area contributed by atoms with E-state index in [0.717, 1.165) is 15.6 Å². The fourth-order valence-corrected chi connectivity index (χ4v) is 3.19. The van der Waals surface area contributed by atoms with Crippen LogP contribution in [-0.2, 0) is 14.8 Å². The number of ether oxygens (including phenoxy) is 1. The molecule has 1 atom stereocenters. The van der Waals surface area contributed by atoms with Gasteiger partial charge >= 0.3 is 0 Å². The monoisotopic (exact) mass is 438 g/mol. The van der Waals surface area contributed by atoms with Crippen LogP contribution in [0.2, 0.25) is 0 Å². The first kappa shape index (κ1) is 20.2. The van der Waals surface area contributed by atoms with Crippen LogP contribution in [0, 0.1) is 0 Å². The number of carbonyl (C=O) groups is 1. The molecule has 2 rings (SSSR count). The van der Waals surface area contributed by atoms with E-state index in [2.05, 4.69) is 21.2 Å². The van der Waals surface area contributed by atoms with E-state index in [1.54, 1.807) is 38.3 Å². The fourth-order valence-electron chi connectivity index (χ4n) is 2.29. The number of carbonyl (C=O) groups excluding carboxylic acids is 1. The smallest absolute Gasteiger partial charge is 0.244 e. The van der Waals surface area contributed by atoms with Crippen molar-refractivity contribution < 1.29 is 17.9 Å².